The summed E-state index contributed by atoms with van der Waals surface area (Å²) in [6.45, 7) is 0.901. The number of methoxy groups -OCH3 is 1. The van der Waals surface area contributed by atoms with E-state index in [4.69, 9.17) is 13.9 Å². The highest BCUT2D eigenvalue weighted by molar-refractivity contribution is 7.88. The SMILES string of the molecule is CNC(=O)c1c(-c2ccc(F)cc2)oc2cc(CS(=O)(=O)NCCOCCCCc3ccc(C(=O)OC)cc3)c(C3CC3)cc12. The van der Waals surface area contributed by atoms with Gasteiger partial charge in [-0.2, -0.15) is 0 Å². The van der Waals surface area contributed by atoms with Crippen molar-refractivity contribution in [2.75, 3.05) is 33.9 Å². The van der Waals surface area contributed by atoms with E-state index in [1.807, 2.05) is 18.2 Å². The van der Waals surface area contributed by atoms with E-state index in [-0.39, 0.29) is 36.7 Å². The van der Waals surface area contributed by atoms with Crippen molar-refractivity contribution < 1.29 is 36.3 Å². The van der Waals surface area contributed by atoms with Crippen molar-refractivity contribution in [3.63, 3.8) is 0 Å². The smallest absolute Gasteiger partial charge is 0.337 e. The molecule has 45 heavy (non-hydrogen) atoms. The van der Waals surface area contributed by atoms with Gasteiger partial charge in [-0.15, -0.1) is 0 Å². The number of amides is 1. The molecular weight excluding hydrogens is 599 g/mol. The van der Waals surface area contributed by atoms with Gasteiger partial charge in [-0.1, -0.05) is 12.1 Å². The summed E-state index contributed by atoms with van der Waals surface area (Å²) < 4.78 is 58.8. The van der Waals surface area contributed by atoms with Crippen molar-refractivity contribution in [1.82, 2.24) is 10.0 Å². The summed E-state index contributed by atoms with van der Waals surface area (Å²) in [7, 11) is -0.799. The van der Waals surface area contributed by atoms with Gasteiger partial charge < -0.3 is 19.2 Å². The third-order valence-electron chi connectivity index (χ3n) is 7.82. The zero-order chi connectivity index (χ0) is 32.0. The molecule has 3 aromatic carbocycles. The maximum atomic E-state index is 13.6. The number of hydrogen-bond acceptors (Lipinski definition) is 7. The van der Waals surface area contributed by atoms with Crippen LogP contribution in [0.4, 0.5) is 4.39 Å². The van der Waals surface area contributed by atoms with Gasteiger partial charge in [0, 0.05) is 31.1 Å². The van der Waals surface area contributed by atoms with Crippen molar-refractivity contribution in [2.24, 2.45) is 0 Å². The summed E-state index contributed by atoms with van der Waals surface area (Å²) in [4.78, 5) is 24.5. The summed E-state index contributed by atoms with van der Waals surface area (Å²) in [6, 6.07) is 16.6. The van der Waals surface area contributed by atoms with Gasteiger partial charge in [0.2, 0.25) is 10.0 Å². The number of unbranched alkanes of at least 4 members (excludes halogenated alkanes) is 1. The van der Waals surface area contributed by atoms with Crippen LogP contribution in [0.3, 0.4) is 0 Å². The molecule has 5 rings (SSSR count). The second-order valence-electron chi connectivity index (χ2n) is 11.1. The van der Waals surface area contributed by atoms with Crippen molar-refractivity contribution in [3.8, 4) is 11.3 Å². The minimum absolute atomic E-state index is 0.147. The molecule has 1 aromatic heterocycles. The zero-order valence-corrected chi connectivity index (χ0v) is 26.2. The number of benzene rings is 3. The van der Waals surface area contributed by atoms with Crippen molar-refractivity contribution >= 4 is 32.9 Å². The van der Waals surface area contributed by atoms with Crippen LogP contribution in [0.2, 0.25) is 0 Å². The molecule has 238 valence electrons. The van der Waals surface area contributed by atoms with E-state index in [1.165, 1.54) is 26.3 Å². The number of aryl methyl sites for hydroxylation is 1. The topological polar surface area (TPSA) is 124 Å². The maximum absolute atomic E-state index is 13.6. The molecule has 4 aromatic rings. The Bertz CT molecular complexity index is 1760. The van der Waals surface area contributed by atoms with E-state index in [1.54, 1.807) is 30.3 Å². The molecule has 1 fully saturated rings. The highest BCUT2D eigenvalue weighted by Gasteiger charge is 2.31. The number of hydrogen-bond donors (Lipinski definition) is 2. The normalized spacial score (nSPS) is 13.2. The number of sulfonamides is 1. The number of ether oxygens (including phenoxy) is 2. The Kier molecular flexibility index (Phi) is 10.3. The average molecular weight is 637 g/mol. The summed E-state index contributed by atoms with van der Waals surface area (Å²) >= 11 is 0. The molecule has 9 nitrogen and oxygen atoms in total. The number of fused-ring (bicyclic) bond motifs is 1. The number of rotatable bonds is 15. The number of carbonyl (C=O) groups excluding carboxylic acids is 2. The van der Waals surface area contributed by atoms with Crippen LogP contribution in [-0.2, 0) is 31.7 Å². The second kappa shape index (κ2) is 14.4. The molecule has 0 radical (unpaired) electrons. The van der Waals surface area contributed by atoms with Crippen LogP contribution in [0.5, 0.6) is 0 Å². The summed E-state index contributed by atoms with van der Waals surface area (Å²) in [5, 5.41) is 3.25. The lowest BCUT2D eigenvalue weighted by Gasteiger charge is -2.12. The van der Waals surface area contributed by atoms with Crippen LogP contribution in [0, 0.1) is 5.82 Å². The van der Waals surface area contributed by atoms with Crippen LogP contribution in [0.15, 0.2) is 65.1 Å². The van der Waals surface area contributed by atoms with E-state index in [2.05, 4.69) is 10.0 Å². The maximum Gasteiger partial charge on any atom is 0.337 e. The quantitative estimate of drug-likeness (QED) is 0.126. The van der Waals surface area contributed by atoms with Gasteiger partial charge >= 0.3 is 5.97 Å². The minimum atomic E-state index is -3.68. The van der Waals surface area contributed by atoms with Gasteiger partial charge in [0.25, 0.3) is 5.91 Å². The molecule has 1 heterocycles. The van der Waals surface area contributed by atoms with Gasteiger partial charge in [-0.3, -0.25) is 4.79 Å². The number of furan rings is 1. The molecule has 0 saturated heterocycles. The van der Waals surface area contributed by atoms with E-state index in [0.717, 1.165) is 43.2 Å². The van der Waals surface area contributed by atoms with Crippen LogP contribution >= 0.6 is 0 Å². The molecule has 0 unspecified atom stereocenters. The first-order valence-corrected chi connectivity index (χ1v) is 16.6. The number of esters is 1. The van der Waals surface area contributed by atoms with Crippen LogP contribution < -0.4 is 10.0 Å². The Morgan fingerprint density at radius 1 is 1.00 bits per heavy atom. The summed E-state index contributed by atoms with van der Waals surface area (Å²) in [5.74, 6) is -0.815. The molecule has 0 aliphatic heterocycles. The first-order chi connectivity index (χ1) is 21.7. The second-order valence-corrected chi connectivity index (χ2v) is 12.9. The van der Waals surface area contributed by atoms with Gasteiger partial charge in [0.1, 0.15) is 17.2 Å². The van der Waals surface area contributed by atoms with E-state index < -0.39 is 15.8 Å². The lowest BCUT2D eigenvalue weighted by Crippen LogP contribution is -2.29. The molecular formula is C34H37FN2O7S. The van der Waals surface area contributed by atoms with Crippen LogP contribution in [0.1, 0.15) is 69.0 Å². The highest BCUT2D eigenvalue weighted by Crippen LogP contribution is 2.45. The van der Waals surface area contributed by atoms with E-state index >= 15 is 0 Å². The third kappa shape index (κ3) is 8.16. The number of halogens is 1. The predicted octanol–water partition coefficient (Wildman–Crippen LogP) is 5.72. The summed E-state index contributed by atoms with van der Waals surface area (Å²) in [6.07, 6.45) is 4.44. The largest absolute Gasteiger partial charge is 0.465 e. The molecule has 1 aliphatic rings. The Balaban J connectivity index is 1.17. The molecule has 11 heteroatoms. The Morgan fingerprint density at radius 3 is 2.40 bits per heavy atom. The molecule has 0 spiro atoms. The Labute approximate surface area is 262 Å². The Morgan fingerprint density at radius 2 is 1.73 bits per heavy atom. The van der Waals surface area contributed by atoms with E-state index in [0.29, 0.717) is 45.6 Å². The Hall–Kier alpha value is -4.06. The lowest BCUT2D eigenvalue weighted by molar-refractivity contribution is 0.0600. The first kappa shape index (κ1) is 32.3. The van der Waals surface area contributed by atoms with Gasteiger partial charge in [-0.05, 0) is 103 Å². The van der Waals surface area contributed by atoms with Crippen molar-refractivity contribution in [2.45, 2.75) is 43.8 Å². The number of nitrogens with one attached hydrogen (secondary N) is 2. The first-order valence-electron chi connectivity index (χ1n) is 15.0. The molecule has 0 bridgehead atoms. The zero-order valence-electron chi connectivity index (χ0n) is 25.4. The monoisotopic (exact) mass is 636 g/mol. The fourth-order valence-electron chi connectivity index (χ4n) is 5.34. The predicted molar refractivity (Wildman–Crippen MR) is 169 cm³/mol. The van der Waals surface area contributed by atoms with Gasteiger partial charge in [0.15, 0.2) is 0 Å². The average Bonchev–Trinajstić information content (AvgIpc) is 3.82. The van der Waals surface area contributed by atoms with Crippen molar-refractivity contribution in [1.29, 1.82) is 0 Å². The van der Waals surface area contributed by atoms with Gasteiger partial charge in [0.05, 0.1) is 30.6 Å². The van der Waals surface area contributed by atoms with Crippen LogP contribution in [0.25, 0.3) is 22.3 Å². The fraction of sp³-hybridized carbons (Fsp3) is 0.353. The molecule has 1 aliphatic carbocycles. The van der Waals surface area contributed by atoms with E-state index in [9.17, 15) is 22.4 Å². The third-order valence-corrected chi connectivity index (χ3v) is 9.16. The lowest BCUT2D eigenvalue weighted by atomic mass is 9.98. The minimum Gasteiger partial charge on any atom is -0.465 e. The van der Waals surface area contributed by atoms with Crippen LogP contribution in [-0.4, -0.2) is 54.2 Å². The summed E-state index contributed by atoms with van der Waals surface area (Å²) in [5.41, 5.74) is 4.42. The van der Waals surface area contributed by atoms with Gasteiger partial charge in [-0.25, -0.2) is 22.3 Å². The number of carbonyl (C=O) groups is 2. The fourth-order valence-corrected chi connectivity index (χ4v) is 6.50. The molecule has 2 N–H and O–H groups in total. The molecule has 0 atom stereocenters. The van der Waals surface area contributed by atoms with Crippen molar-refractivity contribution in [3.05, 3.63) is 94.3 Å². The standard InChI is InChI=1S/C34H37FN2O7S/c1-36-33(38)31-29-20-28(23-10-11-23)26(19-30(29)44-32(31)24-12-14-27(35)15-13-24)21-45(40,41)37-16-18-43-17-4-3-5-22-6-8-25(9-7-22)34(39)42-2/h6-9,12-15,19-20,23,37H,3-5,10-11,16-18,21H2,1-2H3,(H,36,38). The highest BCUT2D eigenvalue weighted by atomic mass is 32.2. The molecule has 1 saturated carbocycles. The molecule has 1 amide bonds.